The lowest BCUT2D eigenvalue weighted by molar-refractivity contribution is -0.176. The lowest BCUT2D eigenvalue weighted by atomic mass is 9.81. The molecule has 1 heterocycles. The Hall–Kier alpha value is -0.610. The van der Waals surface area contributed by atoms with Crippen molar-refractivity contribution in [3.8, 4) is 0 Å². The molecule has 1 aliphatic heterocycles. The molecule has 0 aromatic rings. The molecule has 0 bridgehead atoms. The van der Waals surface area contributed by atoms with Gasteiger partial charge < -0.3 is 14.6 Å². The van der Waals surface area contributed by atoms with Crippen LogP contribution in [0.5, 0.6) is 0 Å². The molecule has 0 unspecified atom stereocenters. The van der Waals surface area contributed by atoms with Crippen molar-refractivity contribution < 1.29 is 19.4 Å². The molecule has 0 aromatic heterocycles. The summed E-state index contributed by atoms with van der Waals surface area (Å²) in [6, 6.07) is 0. The Labute approximate surface area is 90.6 Å². The fourth-order valence-electron chi connectivity index (χ4n) is 1.58. The molecule has 15 heavy (non-hydrogen) atoms. The van der Waals surface area contributed by atoms with E-state index in [4.69, 9.17) is 9.47 Å². The molecule has 0 aromatic carbocycles. The van der Waals surface area contributed by atoms with Crippen molar-refractivity contribution in [1.82, 2.24) is 0 Å². The molecule has 1 N–H and O–H groups in total. The van der Waals surface area contributed by atoms with E-state index in [1.54, 1.807) is 0 Å². The summed E-state index contributed by atoms with van der Waals surface area (Å²) >= 11 is 0. The molecular weight excluding hydrogens is 196 g/mol. The molecule has 88 valence electrons. The first-order valence-electron chi connectivity index (χ1n) is 5.32. The molecule has 4 nitrogen and oxygen atoms in total. The predicted octanol–water partition coefficient (Wildman–Crippen LogP) is 1.12. The maximum absolute atomic E-state index is 11.9. The zero-order chi connectivity index (χ0) is 11.5. The monoisotopic (exact) mass is 216 g/mol. The van der Waals surface area contributed by atoms with E-state index in [9.17, 15) is 9.90 Å². The molecule has 0 aliphatic carbocycles. The Morgan fingerprint density at radius 2 is 1.93 bits per heavy atom. The van der Waals surface area contributed by atoms with Crippen molar-refractivity contribution in [1.29, 1.82) is 0 Å². The molecule has 0 saturated carbocycles. The van der Waals surface area contributed by atoms with Gasteiger partial charge in [-0.15, -0.1) is 0 Å². The van der Waals surface area contributed by atoms with Gasteiger partial charge in [-0.3, -0.25) is 4.79 Å². The van der Waals surface area contributed by atoms with Gasteiger partial charge in [0, 0.05) is 13.2 Å². The largest absolute Gasteiger partial charge is 0.459 e. The zero-order valence-electron chi connectivity index (χ0n) is 9.71. The number of esters is 1. The second kappa shape index (κ2) is 4.49. The topological polar surface area (TPSA) is 55.8 Å². The van der Waals surface area contributed by atoms with Crippen LogP contribution in [0, 0.1) is 5.41 Å². The number of aliphatic hydroxyl groups is 1. The molecule has 0 spiro atoms. The minimum Gasteiger partial charge on any atom is -0.459 e. The van der Waals surface area contributed by atoms with E-state index >= 15 is 0 Å². The third-order valence-electron chi connectivity index (χ3n) is 2.58. The van der Waals surface area contributed by atoms with Crippen LogP contribution in [-0.4, -0.2) is 36.5 Å². The standard InChI is InChI=1S/C11H20O4/c1-10(2,3)15-9(13)11(8-12)4-6-14-7-5-11/h12H,4-8H2,1-3H3. The summed E-state index contributed by atoms with van der Waals surface area (Å²) in [5, 5.41) is 9.35. The van der Waals surface area contributed by atoms with Crippen LogP contribution in [0.3, 0.4) is 0 Å². The number of carbonyl (C=O) groups excluding carboxylic acids is 1. The van der Waals surface area contributed by atoms with Crippen molar-refractivity contribution >= 4 is 5.97 Å². The lowest BCUT2D eigenvalue weighted by Crippen LogP contribution is -2.44. The predicted molar refractivity (Wildman–Crippen MR) is 55.4 cm³/mol. The average molecular weight is 216 g/mol. The van der Waals surface area contributed by atoms with Gasteiger partial charge in [-0.2, -0.15) is 0 Å². The number of rotatable bonds is 2. The molecule has 1 fully saturated rings. The summed E-state index contributed by atoms with van der Waals surface area (Å²) in [7, 11) is 0. The van der Waals surface area contributed by atoms with Gasteiger partial charge >= 0.3 is 5.97 Å². The van der Waals surface area contributed by atoms with Crippen molar-refractivity contribution in [3.05, 3.63) is 0 Å². The molecule has 0 atom stereocenters. The highest BCUT2D eigenvalue weighted by Crippen LogP contribution is 2.32. The van der Waals surface area contributed by atoms with Crippen molar-refractivity contribution in [2.24, 2.45) is 5.41 Å². The van der Waals surface area contributed by atoms with Crippen LogP contribution >= 0.6 is 0 Å². The minimum absolute atomic E-state index is 0.161. The van der Waals surface area contributed by atoms with Crippen LogP contribution in [0.2, 0.25) is 0 Å². The van der Waals surface area contributed by atoms with E-state index in [1.165, 1.54) is 0 Å². The van der Waals surface area contributed by atoms with Crippen molar-refractivity contribution in [2.45, 2.75) is 39.2 Å². The number of hydrogen-bond acceptors (Lipinski definition) is 4. The fourth-order valence-corrected chi connectivity index (χ4v) is 1.58. The van der Waals surface area contributed by atoms with E-state index in [0.717, 1.165) is 0 Å². The Bertz CT molecular complexity index is 223. The van der Waals surface area contributed by atoms with E-state index in [2.05, 4.69) is 0 Å². The van der Waals surface area contributed by atoms with Crippen LogP contribution in [0.25, 0.3) is 0 Å². The van der Waals surface area contributed by atoms with Crippen LogP contribution in [0.4, 0.5) is 0 Å². The highest BCUT2D eigenvalue weighted by molar-refractivity contribution is 5.77. The van der Waals surface area contributed by atoms with E-state index < -0.39 is 11.0 Å². The molecule has 0 radical (unpaired) electrons. The zero-order valence-corrected chi connectivity index (χ0v) is 9.71. The SMILES string of the molecule is CC(C)(C)OC(=O)C1(CO)CCOCC1. The van der Waals surface area contributed by atoms with Gasteiger partial charge in [0.15, 0.2) is 0 Å². The third kappa shape index (κ3) is 3.18. The fraction of sp³-hybridized carbons (Fsp3) is 0.909. The van der Waals surface area contributed by atoms with Gasteiger partial charge in [0.05, 0.1) is 12.0 Å². The third-order valence-corrected chi connectivity index (χ3v) is 2.58. The van der Waals surface area contributed by atoms with E-state index in [0.29, 0.717) is 26.1 Å². The van der Waals surface area contributed by atoms with Crippen molar-refractivity contribution in [3.63, 3.8) is 0 Å². The Balaban J connectivity index is 2.68. The number of aliphatic hydroxyl groups excluding tert-OH is 1. The van der Waals surface area contributed by atoms with Crippen LogP contribution in [0.1, 0.15) is 33.6 Å². The summed E-state index contributed by atoms with van der Waals surface area (Å²) in [5.74, 6) is -0.305. The van der Waals surface area contributed by atoms with Crippen LogP contribution in [-0.2, 0) is 14.3 Å². The maximum atomic E-state index is 11.9. The first-order chi connectivity index (χ1) is 6.90. The van der Waals surface area contributed by atoms with Crippen molar-refractivity contribution in [2.75, 3.05) is 19.8 Å². The molecule has 1 aliphatic rings. The Kier molecular flexibility index (Phi) is 3.73. The van der Waals surface area contributed by atoms with Gasteiger partial charge in [0.1, 0.15) is 5.60 Å². The van der Waals surface area contributed by atoms with Gasteiger partial charge in [0.2, 0.25) is 0 Å². The summed E-state index contributed by atoms with van der Waals surface area (Å²) in [6.07, 6.45) is 1.08. The average Bonchev–Trinajstić information content (AvgIpc) is 2.16. The summed E-state index contributed by atoms with van der Waals surface area (Å²) in [6.45, 7) is 6.35. The van der Waals surface area contributed by atoms with Gasteiger partial charge in [0.25, 0.3) is 0 Å². The number of carbonyl (C=O) groups is 1. The maximum Gasteiger partial charge on any atom is 0.315 e. The first-order valence-corrected chi connectivity index (χ1v) is 5.32. The van der Waals surface area contributed by atoms with Gasteiger partial charge in [-0.05, 0) is 33.6 Å². The summed E-state index contributed by atoms with van der Waals surface area (Å²) in [5.41, 5.74) is -1.25. The molecule has 1 rings (SSSR count). The molecule has 4 heteroatoms. The Morgan fingerprint density at radius 1 is 1.40 bits per heavy atom. The van der Waals surface area contributed by atoms with Crippen LogP contribution < -0.4 is 0 Å². The van der Waals surface area contributed by atoms with E-state index in [1.807, 2.05) is 20.8 Å². The number of hydrogen-bond donors (Lipinski definition) is 1. The smallest absolute Gasteiger partial charge is 0.315 e. The second-order valence-electron chi connectivity index (χ2n) is 5.05. The number of ether oxygens (including phenoxy) is 2. The molecule has 0 amide bonds. The molecule has 1 saturated heterocycles. The molecular formula is C11H20O4. The highest BCUT2D eigenvalue weighted by atomic mass is 16.6. The van der Waals surface area contributed by atoms with Gasteiger partial charge in [-0.1, -0.05) is 0 Å². The normalized spacial score (nSPS) is 21.1. The lowest BCUT2D eigenvalue weighted by Gasteiger charge is -2.35. The van der Waals surface area contributed by atoms with Gasteiger partial charge in [-0.25, -0.2) is 0 Å². The quantitative estimate of drug-likeness (QED) is 0.703. The second-order valence-corrected chi connectivity index (χ2v) is 5.05. The van der Waals surface area contributed by atoms with E-state index in [-0.39, 0.29) is 12.6 Å². The highest BCUT2D eigenvalue weighted by Gasteiger charge is 2.42. The minimum atomic E-state index is -0.745. The summed E-state index contributed by atoms with van der Waals surface area (Å²) in [4.78, 5) is 11.9. The summed E-state index contributed by atoms with van der Waals surface area (Å²) < 4.78 is 10.5. The first kappa shape index (κ1) is 12.5. The Morgan fingerprint density at radius 3 is 2.33 bits per heavy atom. The van der Waals surface area contributed by atoms with Crippen LogP contribution in [0.15, 0.2) is 0 Å².